The lowest BCUT2D eigenvalue weighted by Crippen LogP contribution is -2.27. The van der Waals surface area contributed by atoms with Crippen molar-refractivity contribution in [1.82, 2.24) is 4.98 Å². The minimum Gasteiger partial charge on any atom is -0.489 e. The van der Waals surface area contributed by atoms with E-state index in [2.05, 4.69) is 4.98 Å². The maximum Gasteiger partial charge on any atom is 0.127 e. The maximum absolute atomic E-state index is 10.9. The van der Waals surface area contributed by atoms with Gasteiger partial charge in [0.2, 0.25) is 0 Å². The van der Waals surface area contributed by atoms with E-state index in [0.29, 0.717) is 6.61 Å². The van der Waals surface area contributed by atoms with Crippen LogP contribution in [0.3, 0.4) is 0 Å². The first-order valence-electron chi connectivity index (χ1n) is 9.32. The predicted molar refractivity (Wildman–Crippen MR) is 109 cm³/mol. The van der Waals surface area contributed by atoms with E-state index in [-0.39, 0.29) is 5.60 Å². The maximum atomic E-state index is 10.9. The van der Waals surface area contributed by atoms with Gasteiger partial charge in [0.25, 0.3) is 0 Å². The molecule has 2 heterocycles. The molecule has 1 N–H and O–H groups in total. The Bertz CT molecular complexity index is 996. The Morgan fingerprint density at radius 1 is 1.04 bits per heavy atom. The number of pyridine rings is 1. The summed E-state index contributed by atoms with van der Waals surface area (Å²) in [7, 11) is 0. The molecule has 0 radical (unpaired) electrons. The monoisotopic (exact) mass is 373 g/mol. The summed E-state index contributed by atoms with van der Waals surface area (Å²) in [5, 5.41) is 10.9. The number of benzene rings is 2. The molecule has 4 nitrogen and oxygen atoms in total. The zero-order chi connectivity index (χ0) is 19.6. The van der Waals surface area contributed by atoms with Crippen molar-refractivity contribution in [2.24, 2.45) is 0 Å². The molecule has 0 fully saturated rings. The Morgan fingerprint density at radius 2 is 1.82 bits per heavy atom. The summed E-state index contributed by atoms with van der Waals surface area (Å²) in [6, 6.07) is 17.2. The van der Waals surface area contributed by atoms with Crippen LogP contribution in [-0.2, 0) is 6.61 Å². The van der Waals surface area contributed by atoms with Gasteiger partial charge in [0.05, 0.1) is 0 Å². The molecule has 0 bridgehead atoms. The van der Waals surface area contributed by atoms with E-state index < -0.39 is 6.10 Å². The molecule has 1 atom stereocenters. The number of nitrogens with zero attached hydrogens (tertiary/aromatic N) is 1. The molecule has 0 saturated heterocycles. The molecule has 3 aromatic rings. The molecule has 2 aromatic carbocycles. The molecule has 4 heteroatoms. The van der Waals surface area contributed by atoms with Gasteiger partial charge in [0.15, 0.2) is 0 Å². The lowest BCUT2D eigenvalue weighted by atomic mass is 9.96. The van der Waals surface area contributed by atoms with E-state index in [1.807, 2.05) is 80.6 Å². The van der Waals surface area contributed by atoms with Gasteiger partial charge in [-0.3, -0.25) is 4.98 Å². The number of aliphatic hydroxyl groups is 1. The number of rotatable bonds is 5. The third kappa shape index (κ3) is 4.07. The SMILES string of the molecule is CC1(C)C=Cc2cc(C(O)c3cccc(OCc4ccncc4)c3)ccc2O1. The highest BCUT2D eigenvalue weighted by Crippen LogP contribution is 2.34. The third-order valence-corrected chi connectivity index (χ3v) is 4.72. The van der Waals surface area contributed by atoms with E-state index in [1.54, 1.807) is 12.4 Å². The van der Waals surface area contributed by atoms with E-state index in [1.165, 1.54) is 0 Å². The van der Waals surface area contributed by atoms with Crippen molar-refractivity contribution in [1.29, 1.82) is 0 Å². The Morgan fingerprint density at radius 3 is 2.64 bits per heavy atom. The van der Waals surface area contributed by atoms with Gasteiger partial charge in [0.1, 0.15) is 29.8 Å². The van der Waals surface area contributed by atoms with Crippen LogP contribution < -0.4 is 9.47 Å². The average molecular weight is 373 g/mol. The topological polar surface area (TPSA) is 51.6 Å². The first-order valence-corrected chi connectivity index (χ1v) is 9.32. The quantitative estimate of drug-likeness (QED) is 0.689. The molecule has 142 valence electrons. The van der Waals surface area contributed by atoms with Gasteiger partial charge < -0.3 is 14.6 Å². The van der Waals surface area contributed by atoms with Gasteiger partial charge in [-0.25, -0.2) is 0 Å². The number of aromatic nitrogens is 1. The van der Waals surface area contributed by atoms with Gasteiger partial charge in [-0.15, -0.1) is 0 Å². The van der Waals surface area contributed by atoms with Crippen LogP contribution in [0.25, 0.3) is 6.08 Å². The first kappa shape index (κ1) is 18.3. The summed E-state index contributed by atoms with van der Waals surface area (Å²) < 4.78 is 11.8. The molecule has 1 unspecified atom stereocenters. The van der Waals surface area contributed by atoms with Crippen molar-refractivity contribution in [3.63, 3.8) is 0 Å². The number of hydrogen-bond acceptors (Lipinski definition) is 4. The zero-order valence-electron chi connectivity index (χ0n) is 16.0. The van der Waals surface area contributed by atoms with Gasteiger partial charge in [-0.1, -0.05) is 24.3 Å². The summed E-state index contributed by atoms with van der Waals surface area (Å²) in [6.07, 6.45) is 6.82. The summed E-state index contributed by atoms with van der Waals surface area (Å²) in [6.45, 7) is 4.50. The summed E-state index contributed by atoms with van der Waals surface area (Å²) >= 11 is 0. The van der Waals surface area contributed by atoms with Gasteiger partial charge in [-0.05, 0) is 73.0 Å². The van der Waals surface area contributed by atoms with Crippen LogP contribution in [0, 0.1) is 0 Å². The fourth-order valence-electron chi connectivity index (χ4n) is 3.18. The van der Waals surface area contributed by atoms with E-state index in [4.69, 9.17) is 9.47 Å². The standard InChI is InChI=1S/C24H23NO3/c1-24(2)11-8-18-14-20(6-7-22(18)28-24)23(26)19-4-3-5-21(15-19)27-16-17-9-12-25-13-10-17/h3-15,23,26H,16H2,1-2H3. The molecule has 1 aliphatic heterocycles. The molecular weight excluding hydrogens is 350 g/mol. The van der Waals surface area contributed by atoms with Gasteiger partial charge in [-0.2, -0.15) is 0 Å². The summed E-state index contributed by atoms with van der Waals surface area (Å²) in [5.41, 5.74) is 3.31. The molecule has 0 amide bonds. The normalized spacial score (nSPS) is 15.4. The lowest BCUT2D eigenvalue weighted by Gasteiger charge is -2.28. The number of ether oxygens (including phenoxy) is 2. The second kappa shape index (κ2) is 7.49. The Hall–Kier alpha value is -3.11. The molecular formula is C24H23NO3. The van der Waals surface area contributed by atoms with Crippen molar-refractivity contribution >= 4 is 6.08 Å². The largest absolute Gasteiger partial charge is 0.489 e. The number of hydrogen-bond donors (Lipinski definition) is 1. The minimum atomic E-state index is -0.738. The van der Waals surface area contributed by atoms with Crippen LogP contribution in [0.15, 0.2) is 73.1 Å². The Kier molecular flexibility index (Phi) is 4.88. The van der Waals surface area contributed by atoms with Crippen LogP contribution in [0.4, 0.5) is 0 Å². The van der Waals surface area contributed by atoms with Crippen LogP contribution >= 0.6 is 0 Å². The number of aliphatic hydroxyl groups excluding tert-OH is 1. The van der Waals surface area contributed by atoms with Gasteiger partial charge in [0, 0.05) is 18.0 Å². The van der Waals surface area contributed by atoms with E-state index >= 15 is 0 Å². The molecule has 0 saturated carbocycles. The second-order valence-electron chi connectivity index (χ2n) is 7.46. The highest BCUT2D eigenvalue weighted by Gasteiger charge is 2.22. The molecule has 0 spiro atoms. The first-order chi connectivity index (χ1) is 13.5. The van der Waals surface area contributed by atoms with Crippen LogP contribution in [0.5, 0.6) is 11.5 Å². The molecule has 0 aliphatic carbocycles. The Labute approximate surface area is 165 Å². The molecule has 1 aliphatic rings. The summed E-state index contributed by atoms with van der Waals surface area (Å²) in [4.78, 5) is 4.01. The molecule has 1 aromatic heterocycles. The van der Waals surface area contributed by atoms with Crippen molar-refractivity contribution in [2.75, 3.05) is 0 Å². The second-order valence-corrected chi connectivity index (χ2v) is 7.46. The highest BCUT2D eigenvalue weighted by atomic mass is 16.5. The fourth-order valence-corrected chi connectivity index (χ4v) is 3.18. The third-order valence-electron chi connectivity index (χ3n) is 4.72. The Balaban J connectivity index is 1.51. The van der Waals surface area contributed by atoms with Gasteiger partial charge >= 0.3 is 0 Å². The van der Waals surface area contributed by atoms with E-state index in [0.717, 1.165) is 33.8 Å². The minimum absolute atomic E-state index is 0.312. The number of fused-ring (bicyclic) bond motifs is 1. The lowest BCUT2D eigenvalue weighted by molar-refractivity contribution is 0.158. The van der Waals surface area contributed by atoms with Crippen LogP contribution in [0.1, 0.15) is 42.2 Å². The van der Waals surface area contributed by atoms with Crippen molar-refractivity contribution < 1.29 is 14.6 Å². The van der Waals surface area contributed by atoms with Crippen molar-refractivity contribution in [2.45, 2.75) is 32.2 Å². The predicted octanol–water partition coefficient (Wildman–Crippen LogP) is 4.93. The van der Waals surface area contributed by atoms with Crippen molar-refractivity contribution in [3.8, 4) is 11.5 Å². The van der Waals surface area contributed by atoms with Crippen molar-refractivity contribution in [3.05, 3.63) is 95.3 Å². The summed E-state index contributed by atoms with van der Waals surface area (Å²) in [5.74, 6) is 1.55. The smallest absolute Gasteiger partial charge is 0.127 e. The van der Waals surface area contributed by atoms with Crippen LogP contribution in [0.2, 0.25) is 0 Å². The van der Waals surface area contributed by atoms with Crippen LogP contribution in [-0.4, -0.2) is 15.7 Å². The highest BCUT2D eigenvalue weighted by molar-refractivity contribution is 5.62. The molecule has 28 heavy (non-hydrogen) atoms. The zero-order valence-corrected chi connectivity index (χ0v) is 16.0. The molecule has 4 rings (SSSR count). The average Bonchev–Trinajstić information content (AvgIpc) is 2.72. The van der Waals surface area contributed by atoms with E-state index in [9.17, 15) is 5.11 Å². The fraction of sp³-hybridized carbons (Fsp3) is 0.208.